The first-order valence-corrected chi connectivity index (χ1v) is 7.42. The van der Waals surface area contributed by atoms with E-state index < -0.39 is 0 Å². The molecule has 3 heterocycles. The number of imidazole rings is 1. The Morgan fingerprint density at radius 3 is 2.67 bits per heavy atom. The molecule has 4 rings (SSSR count). The number of pyridine rings is 1. The first kappa shape index (κ1) is 12.5. The quantitative estimate of drug-likeness (QED) is 0.675. The van der Waals surface area contributed by atoms with Gasteiger partial charge in [-0.2, -0.15) is 0 Å². The third-order valence-corrected chi connectivity index (χ3v) is 4.66. The highest BCUT2D eigenvalue weighted by molar-refractivity contribution is 5.71. The van der Waals surface area contributed by atoms with Gasteiger partial charge < -0.3 is 9.30 Å². The topological polar surface area (TPSA) is 20.5 Å². The first-order valence-electron chi connectivity index (χ1n) is 7.42. The summed E-state index contributed by atoms with van der Waals surface area (Å²) in [6, 6.07) is 10.9. The van der Waals surface area contributed by atoms with Crippen LogP contribution in [0.4, 0.5) is 5.69 Å². The van der Waals surface area contributed by atoms with Crippen molar-refractivity contribution in [1.29, 1.82) is 0 Å². The van der Waals surface area contributed by atoms with Crippen molar-refractivity contribution < 1.29 is 0 Å². The number of aryl methyl sites for hydroxylation is 3. The fraction of sp³-hybridized carbons (Fsp3) is 0.278. The number of hydrogen-bond acceptors (Lipinski definition) is 2. The molecule has 3 heteroatoms. The number of benzene rings is 1. The zero-order valence-corrected chi connectivity index (χ0v) is 12.7. The van der Waals surface area contributed by atoms with Crippen LogP contribution in [0.3, 0.4) is 0 Å². The second kappa shape index (κ2) is 4.35. The van der Waals surface area contributed by atoms with Crippen molar-refractivity contribution in [2.45, 2.75) is 33.9 Å². The third kappa shape index (κ3) is 1.77. The van der Waals surface area contributed by atoms with Gasteiger partial charge in [-0.3, -0.25) is 0 Å². The summed E-state index contributed by atoms with van der Waals surface area (Å²) in [5.41, 5.74) is 8.92. The highest BCUT2D eigenvalue weighted by Crippen LogP contribution is 2.32. The van der Waals surface area contributed by atoms with Gasteiger partial charge in [0, 0.05) is 25.0 Å². The molecule has 1 aliphatic heterocycles. The van der Waals surface area contributed by atoms with Crippen molar-refractivity contribution in [3.8, 4) is 0 Å². The minimum atomic E-state index is 0.974. The normalized spacial score (nSPS) is 14.0. The van der Waals surface area contributed by atoms with Crippen LogP contribution in [-0.2, 0) is 13.1 Å². The Kier molecular flexibility index (Phi) is 2.58. The molecule has 0 amide bonds. The van der Waals surface area contributed by atoms with Crippen LogP contribution in [0.1, 0.15) is 28.1 Å². The third-order valence-electron chi connectivity index (χ3n) is 4.66. The molecule has 21 heavy (non-hydrogen) atoms. The molecule has 0 radical (unpaired) electrons. The molecule has 0 aliphatic carbocycles. The summed E-state index contributed by atoms with van der Waals surface area (Å²) in [6.45, 7) is 8.36. The van der Waals surface area contributed by atoms with Crippen LogP contribution in [0.5, 0.6) is 0 Å². The fourth-order valence-corrected chi connectivity index (χ4v) is 3.29. The van der Waals surface area contributed by atoms with Crippen LogP contribution in [0.15, 0.2) is 36.5 Å². The number of nitrogens with zero attached hydrogens (tertiary/aromatic N) is 3. The Morgan fingerprint density at radius 2 is 1.86 bits per heavy atom. The maximum atomic E-state index is 4.76. The van der Waals surface area contributed by atoms with Gasteiger partial charge in [-0.15, -0.1) is 0 Å². The van der Waals surface area contributed by atoms with Crippen molar-refractivity contribution in [3.63, 3.8) is 0 Å². The van der Waals surface area contributed by atoms with Gasteiger partial charge in [0.1, 0.15) is 0 Å². The summed E-state index contributed by atoms with van der Waals surface area (Å²) in [5.74, 6) is 0. The predicted octanol–water partition coefficient (Wildman–Crippen LogP) is 3.78. The Balaban J connectivity index is 1.83. The minimum Gasteiger partial charge on any atom is -0.360 e. The molecule has 2 aromatic heterocycles. The molecule has 0 spiro atoms. The van der Waals surface area contributed by atoms with Gasteiger partial charge in [0.15, 0.2) is 5.65 Å². The van der Waals surface area contributed by atoms with Gasteiger partial charge in [-0.05, 0) is 49.6 Å². The van der Waals surface area contributed by atoms with E-state index in [2.05, 4.69) is 66.6 Å². The second-order valence-corrected chi connectivity index (χ2v) is 5.94. The van der Waals surface area contributed by atoms with Crippen LogP contribution in [0.25, 0.3) is 5.65 Å². The van der Waals surface area contributed by atoms with E-state index in [9.17, 15) is 0 Å². The summed E-state index contributed by atoms with van der Waals surface area (Å²) >= 11 is 0. The molecule has 1 aliphatic rings. The lowest BCUT2D eigenvalue weighted by atomic mass is 10.1. The average molecular weight is 277 g/mol. The second-order valence-electron chi connectivity index (χ2n) is 5.94. The molecular formula is C18H19N3. The van der Waals surface area contributed by atoms with Crippen molar-refractivity contribution >= 4 is 11.3 Å². The maximum Gasteiger partial charge on any atom is 0.160 e. The SMILES string of the molecule is Cc1cccc2c1CN(c1cccn3c(C)c(C)nc13)C2. The molecule has 0 atom stereocenters. The average Bonchev–Trinajstić information content (AvgIpc) is 3.03. The highest BCUT2D eigenvalue weighted by atomic mass is 15.2. The van der Waals surface area contributed by atoms with E-state index in [1.54, 1.807) is 0 Å². The molecular weight excluding hydrogens is 258 g/mol. The van der Waals surface area contributed by atoms with Crippen molar-refractivity contribution in [2.24, 2.45) is 0 Å². The zero-order valence-electron chi connectivity index (χ0n) is 12.7. The van der Waals surface area contributed by atoms with Crippen LogP contribution >= 0.6 is 0 Å². The molecule has 3 aromatic rings. The lowest BCUT2D eigenvalue weighted by molar-refractivity contribution is 0.875. The largest absolute Gasteiger partial charge is 0.360 e. The number of rotatable bonds is 1. The Morgan fingerprint density at radius 1 is 1.00 bits per heavy atom. The van der Waals surface area contributed by atoms with Gasteiger partial charge >= 0.3 is 0 Å². The monoisotopic (exact) mass is 277 g/mol. The Labute approximate surface area is 124 Å². The molecule has 106 valence electrons. The van der Waals surface area contributed by atoms with Crippen LogP contribution in [-0.4, -0.2) is 9.38 Å². The lowest BCUT2D eigenvalue weighted by Crippen LogP contribution is -2.15. The van der Waals surface area contributed by atoms with E-state index in [1.807, 2.05) is 0 Å². The van der Waals surface area contributed by atoms with E-state index >= 15 is 0 Å². The van der Waals surface area contributed by atoms with Gasteiger partial charge in [0.05, 0.1) is 11.4 Å². The van der Waals surface area contributed by atoms with Gasteiger partial charge in [0.2, 0.25) is 0 Å². The summed E-state index contributed by atoms with van der Waals surface area (Å²) in [6.07, 6.45) is 2.10. The minimum absolute atomic E-state index is 0.974. The zero-order chi connectivity index (χ0) is 14.6. The molecule has 0 fully saturated rings. The van der Waals surface area contributed by atoms with Gasteiger partial charge in [0.25, 0.3) is 0 Å². The molecule has 0 N–H and O–H groups in total. The standard InChI is InChI=1S/C18H19N3/c1-12-6-4-7-15-10-20(11-16(12)15)17-8-5-9-21-14(3)13(2)19-18(17)21/h4-9H,10-11H2,1-3H3. The molecule has 0 bridgehead atoms. The number of fused-ring (bicyclic) bond motifs is 2. The fourth-order valence-electron chi connectivity index (χ4n) is 3.29. The van der Waals surface area contributed by atoms with E-state index in [0.29, 0.717) is 0 Å². The summed E-state index contributed by atoms with van der Waals surface area (Å²) < 4.78 is 2.19. The highest BCUT2D eigenvalue weighted by Gasteiger charge is 2.23. The molecule has 0 saturated carbocycles. The first-order chi connectivity index (χ1) is 10.1. The number of anilines is 1. The summed E-state index contributed by atoms with van der Waals surface area (Å²) in [4.78, 5) is 7.19. The van der Waals surface area contributed by atoms with Crippen molar-refractivity contribution in [2.75, 3.05) is 4.90 Å². The van der Waals surface area contributed by atoms with Crippen molar-refractivity contribution in [3.05, 3.63) is 64.6 Å². The maximum absolute atomic E-state index is 4.76. The molecule has 0 saturated heterocycles. The van der Waals surface area contributed by atoms with Crippen LogP contribution in [0, 0.1) is 20.8 Å². The summed E-state index contributed by atoms with van der Waals surface area (Å²) in [5, 5.41) is 0. The van der Waals surface area contributed by atoms with Crippen LogP contribution < -0.4 is 4.90 Å². The number of hydrogen-bond donors (Lipinski definition) is 0. The molecule has 3 nitrogen and oxygen atoms in total. The lowest BCUT2D eigenvalue weighted by Gasteiger charge is -2.18. The number of aromatic nitrogens is 2. The predicted molar refractivity (Wildman–Crippen MR) is 85.7 cm³/mol. The van der Waals surface area contributed by atoms with E-state index in [1.165, 1.54) is 28.1 Å². The van der Waals surface area contributed by atoms with E-state index in [0.717, 1.165) is 24.4 Å². The Bertz CT molecular complexity index is 845. The molecule has 1 aromatic carbocycles. The Hall–Kier alpha value is -2.29. The van der Waals surface area contributed by atoms with Crippen LogP contribution in [0.2, 0.25) is 0 Å². The van der Waals surface area contributed by atoms with E-state index in [-0.39, 0.29) is 0 Å². The summed E-state index contributed by atoms with van der Waals surface area (Å²) in [7, 11) is 0. The van der Waals surface area contributed by atoms with Gasteiger partial charge in [-0.1, -0.05) is 18.2 Å². The van der Waals surface area contributed by atoms with E-state index in [4.69, 9.17) is 4.98 Å². The van der Waals surface area contributed by atoms with Crippen molar-refractivity contribution in [1.82, 2.24) is 9.38 Å². The smallest absolute Gasteiger partial charge is 0.160 e. The van der Waals surface area contributed by atoms with Gasteiger partial charge in [-0.25, -0.2) is 4.98 Å². The molecule has 0 unspecified atom stereocenters.